The Kier molecular flexibility index (Phi) is 7.76. The molecule has 2 aromatic heterocycles. The summed E-state index contributed by atoms with van der Waals surface area (Å²) < 4.78 is 4.83. The monoisotopic (exact) mass is 792 g/mol. The van der Waals surface area contributed by atoms with Gasteiger partial charge >= 0.3 is 0 Å². The summed E-state index contributed by atoms with van der Waals surface area (Å²) in [5, 5.41) is 16.0. The molecule has 0 bridgehead atoms. The maximum absolute atomic E-state index is 5.30. The van der Waals surface area contributed by atoms with Crippen molar-refractivity contribution in [2.75, 3.05) is 0 Å². The van der Waals surface area contributed by atoms with Crippen molar-refractivity contribution in [1.82, 2.24) is 14.5 Å². The molecule has 0 saturated heterocycles. The van der Waals surface area contributed by atoms with Crippen molar-refractivity contribution >= 4 is 76.6 Å². The van der Waals surface area contributed by atoms with Crippen LogP contribution in [0.15, 0.2) is 211 Å². The van der Waals surface area contributed by atoms with Crippen LogP contribution in [0.4, 0.5) is 0 Å². The van der Waals surface area contributed by atoms with E-state index in [1.165, 1.54) is 82.1 Å². The maximum atomic E-state index is 5.30. The van der Waals surface area contributed by atoms with Crippen LogP contribution in [0.1, 0.15) is 24.7 Å². The fourth-order valence-corrected chi connectivity index (χ4v) is 10.3. The van der Waals surface area contributed by atoms with Gasteiger partial charge in [0, 0.05) is 32.5 Å². The van der Waals surface area contributed by atoms with Crippen molar-refractivity contribution in [3.05, 3.63) is 222 Å². The summed E-state index contributed by atoms with van der Waals surface area (Å²) >= 11 is 0. The Morgan fingerprint density at radius 1 is 0.468 bits per heavy atom. The van der Waals surface area contributed by atoms with E-state index in [-0.39, 0.29) is 6.29 Å². The molecule has 0 radical (unpaired) electrons. The molecule has 9 aromatic carbocycles. The summed E-state index contributed by atoms with van der Waals surface area (Å²) in [6, 6.07) is 68.8. The Morgan fingerprint density at radius 2 is 1.13 bits per heavy atom. The van der Waals surface area contributed by atoms with Crippen LogP contribution in [0.5, 0.6) is 0 Å². The molecule has 0 amide bonds. The number of rotatable bonds is 5. The van der Waals surface area contributed by atoms with E-state index in [4.69, 9.17) is 4.99 Å². The van der Waals surface area contributed by atoms with Crippen LogP contribution in [0.3, 0.4) is 0 Å². The van der Waals surface area contributed by atoms with Gasteiger partial charge in [0.15, 0.2) is 0 Å². The van der Waals surface area contributed by atoms with E-state index in [2.05, 4.69) is 221 Å². The van der Waals surface area contributed by atoms with E-state index in [9.17, 15) is 0 Å². The van der Waals surface area contributed by atoms with E-state index in [1.807, 2.05) is 0 Å². The summed E-state index contributed by atoms with van der Waals surface area (Å²) in [6.45, 7) is 0. The summed E-state index contributed by atoms with van der Waals surface area (Å²) in [5.74, 6) is 0. The molecule has 0 spiro atoms. The quantitative estimate of drug-likeness (QED) is 0.185. The van der Waals surface area contributed by atoms with E-state index in [1.54, 1.807) is 0 Å². The van der Waals surface area contributed by atoms with Crippen molar-refractivity contribution in [3.8, 4) is 22.3 Å². The molecule has 1 aliphatic carbocycles. The van der Waals surface area contributed by atoms with Crippen LogP contribution in [0.2, 0.25) is 0 Å². The standard InChI is InChI=1S/C58H40N4/c1-3-15-37(16-4-1)57-47-22-9-12-24-51(47)59-58(60-57)62-52-25-13-10-20-45(52)50-35-41(31-32-54(50)62)39-27-28-40-34-42(30-29-38(40)33-39)49-36-55-56(46-21-8-7-19-44(46)49)48-23-11-14-26-53(48)61(55)43-17-5-2-6-18-43/h1,3-5,7-36,58,60H,2,6H2. The second-order valence-electron chi connectivity index (χ2n) is 16.6. The number of allylic oxidation sites excluding steroid dienone is 4. The Bertz CT molecular complexity index is 3840. The fraction of sp³-hybridized carbons (Fsp3) is 0.0517. The average molecular weight is 793 g/mol. The van der Waals surface area contributed by atoms with Crippen LogP contribution in [0.25, 0.3) is 98.8 Å². The molecule has 0 saturated carbocycles. The third-order valence-electron chi connectivity index (χ3n) is 13.1. The van der Waals surface area contributed by atoms with Crippen LogP contribution in [-0.4, -0.2) is 9.13 Å². The van der Waals surface area contributed by atoms with Crippen molar-refractivity contribution < 1.29 is 0 Å². The van der Waals surface area contributed by atoms with Crippen LogP contribution in [-0.2, 0) is 0 Å². The van der Waals surface area contributed by atoms with Crippen molar-refractivity contribution in [2.24, 2.45) is 4.99 Å². The number of para-hydroxylation sites is 3. The second-order valence-corrected chi connectivity index (χ2v) is 16.6. The number of aromatic nitrogens is 2. The summed E-state index contributed by atoms with van der Waals surface area (Å²) in [5.41, 5.74) is 13.1. The number of nitrogens with one attached hydrogen (secondary N) is 1. The summed E-state index contributed by atoms with van der Waals surface area (Å²) in [6.07, 6.45) is 8.81. The van der Waals surface area contributed by atoms with Gasteiger partial charge in [-0.15, -0.1) is 0 Å². The van der Waals surface area contributed by atoms with Gasteiger partial charge in [-0.2, -0.15) is 0 Å². The Balaban J connectivity index is 0.915. The van der Waals surface area contributed by atoms with Gasteiger partial charge in [0.25, 0.3) is 0 Å². The van der Waals surface area contributed by atoms with Gasteiger partial charge in [-0.1, -0.05) is 152 Å². The third-order valence-corrected chi connectivity index (χ3v) is 13.1. The first kappa shape index (κ1) is 34.9. The summed E-state index contributed by atoms with van der Waals surface area (Å²) in [7, 11) is 0. The highest BCUT2D eigenvalue weighted by molar-refractivity contribution is 6.25. The molecular formula is C58H40N4. The molecule has 1 N–H and O–H groups in total. The highest BCUT2D eigenvalue weighted by Gasteiger charge is 2.23. The second kappa shape index (κ2) is 13.8. The molecule has 11 aromatic rings. The molecule has 1 aliphatic heterocycles. The van der Waals surface area contributed by atoms with E-state index in [0.717, 1.165) is 45.7 Å². The number of benzene rings is 9. The largest absolute Gasteiger partial charge is 0.345 e. The van der Waals surface area contributed by atoms with Crippen LogP contribution >= 0.6 is 0 Å². The minimum absolute atomic E-state index is 0.314. The van der Waals surface area contributed by atoms with Crippen molar-refractivity contribution in [1.29, 1.82) is 0 Å². The minimum Gasteiger partial charge on any atom is -0.345 e. The molecule has 1 unspecified atom stereocenters. The van der Waals surface area contributed by atoms with Gasteiger partial charge in [0.05, 0.1) is 33.1 Å². The van der Waals surface area contributed by atoms with Gasteiger partial charge in [0.2, 0.25) is 6.29 Å². The lowest BCUT2D eigenvalue weighted by molar-refractivity contribution is 0.489. The Labute approximate surface area is 358 Å². The van der Waals surface area contributed by atoms with E-state index in [0.29, 0.717) is 0 Å². The van der Waals surface area contributed by atoms with E-state index >= 15 is 0 Å². The number of hydrogen-bond donors (Lipinski definition) is 1. The van der Waals surface area contributed by atoms with E-state index < -0.39 is 0 Å². The molecule has 13 rings (SSSR count). The van der Waals surface area contributed by atoms with Gasteiger partial charge in [-0.25, -0.2) is 4.99 Å². The lowest BCUT2D eigenvalue weighted by Crippen LogP contribution is -2.41. The smallest absolute Gasteiger partial charge is 0.201 e. The topological polar surface area (TPSA) is 34.2 Å². The molecule has 1 atom stereocenters. The maximum Gasteiger partial charge on any atom is 0.201 e. The fourth-order valence-electron chi connectivity index (χ4n) is 10.3. The van der Waals surface area contributed by atoms with Crippen LogP contribution in [0, 0.1) is 0 Å². The normalized spacial score (nSPS) is 15.1. The highest BCUT2D eigenvalue weighted by Crippen LogP contribution is 2.43. The van der Waals surface area contributed by atoms with Crippen molar-refractivity contribution in [2.45, 2.75) is 19.1 Å². The predicted molar refractivity (Wildman–Crippen MR) is 259 cm³/mol. The zero-order valence-electron chi connectivity index (χ0n) is 34.0. The molecule has 0 fully saturated rings. The van der Waals surface area contributed by atoms with Crippen LogP contribution < -0.4 is 15.9 Å². The molecule has 4 heteroatoms. The first-order chi connectivity index (χ1) is 30.7. The first-order valence-electron chi connectivity index (χ1n) is 21.6. The molecule has 4 nitrogen and oxygen atoms in total. The van der Waals surface area contributed by atoms with Gasteiger partial charge in [-0.3, -0.25) is 0 Å². The van der Waals surface area contributed by atoms with Gasteiger partial charge in [-0.05, 0) is 117 Å². The predicted octanol–water partition coefficient (Wildman–Crippen LogP) is 13.3. The zero-order valence-corrected chi connectivity index (χ0v) is 34.0. The highest BCUT2D eigenvalue weighted by atomic mass is 15.3. The van der Waals surface area contributed by atoms with Crippen molar-refractivity contribution in [3.63, 3.8) is 0 Å². The molecule has 2 aliphatic rings. The van der Waals surface area contributed by atoms with Gasteiger partial charge in [0.1, 0.15) is 0 Å². The minimum atomic E-state index is -0.314. The molecule has 62 heavy (non-hydrogen) atoms. The Hall–Kier alpha value is -7.95. The molecular weight excluding hydrogens is 753 g/mol. The van der Waals surface area contributed by atoms with Gasteiger partial charge < -0.3 is 14.5 Å². The lowest BCUT2D eigenvalue weighted by Gasteiger charge is -2.25. The molecule has 3 heterocycles. The SMILES string of the molecule is C1=CC(n2c3ccccc3c3c4ccccc4c(-c4ccc5cc(-c6ccc7c(c6)c6ccccc6n7C6N=c7ccccc7=C(c7ccccc7)N6)ccc5c4)cc32)=CCC1. The third kappa shape index (κ3) is 5.36. The average Bonchev–Trinajstić information content (AvgIpc) is 3.86. The Morgan fingerprint density at radius 3 is 1.97 bits per heavy atom. The first-order valence-corrected chi connectivity index (χ1v) is 21.6. The number of fused-ring (bicyclic) bond motifs is 10. The zero-order chi connectivity index (χ0) is 40.7. The number of hydrogen-bond acceptors (Lipinski definition) is 2. The molecule has 292 valence electrons. The lowest BCUT2D eigenvalue weighted by atomic mass is 9.92. The summed E-state index contributed by atoms with van der Waals surface area (Å²) in [4.78, 5) is 5.30. The number of nitrogens with zero attached hydrogens (tertiary/aromatic N) is 3.